The van der Waals surface area contributed by atoms with E-state index in [1.807, 2.05) is 4.72 Å². The third-order valence-corrected chi connectivity index (χ3v) is 4.24. The number of hydrogen-bond acceptors (Lipinski definition) is 3. The molecule has 0 saturated heterocycles. The van der Waals surface area contributed by atoms with Crippen LogP contribution in [0.15, 0.2) is 35.2 Å². The highest BCUT2D eigenvalue weighted by Crippen LogP contribution is 2.25. The second-order valence-electron chi connectivity index (χ2n) is 4.03. The highest BCUT2D eigenvalue weighted by molar-refractivity contribution is 7.92. The minimum absolute atomic E-state index is 0.00491. The molecule has 2 aromatic rings. The molecule has 0 bridgehead atoms. The molecular formula is C12H8ClF3N2O2S. The van der Waals surface area contributed by atoms with E-state index in [-0.39, 0.29) is 21.7 Å². The molecule has 0 aromatic heterocycles. The van der Waals surface area contributed by atoms with Crippen LogP contribution in [0.1, 0.15) is 0 Å². The molecule has 0 fully saturated rings. The van der Waals surface area contributed by atoms with Gasteiger partial charge in [-0.3, -0.25) is 4.72 Å². The van der Waals surface area contributed by atoms with Gasteiger partial charge in [0.25, 0.3) is 10.0 Å². The highest BCUT2D eigenvalue weighted by atomic mass is 35.5. The summed E-state index contributed by atoms with van der Waals surface area (Å²) in [6.45, 7) is 0. The zero-order valence-corrected chi connectivity index (χ0v) is 11.8. The molecule has 2 rings (SSSR count). The van der Waals surface area contributed by atoms with Gasteiger partial charge in [-0.2, -0.15) is 0 Å². The minimum atomic E-state index is -4.22. The first-order chi connectivity index (χ1) is 9.70. The number of anilines is 2. The monoisotopic (exact) mass is 336 g/mol. The molecule has 0 heterocycles. The van der Waals surface area contributed by atoms with Gasteiger partial charge < -0.3 is 5.73 Å². The third-order valence-electron chi connectivity index (χ3n) is 2.53. The lowest BCUT2D eigenvalue weighted by Crippen LogP contribution is -2.14. The van der Waals surface area contributed by atoms with E-state index < -0.39 is 33.2 Å². The fourth-order valence-corrected chi connectivity index (χ4v) is 2.70. The van der Waals surface area contributed by atoms with Gasteiger partial charge in [-0.1, -0.05) is 11.6 Å². The first kappa shape index (κ1) is 15.5. The molecule has 2 aromatic carbocycles. The number of rotatable bonds is 3. The summed E-state index contributed by atoms with van der Waals surface area (Å²) in [5.74, 6) is -4.06. The fraction of sp³-hybridized carbons (Fsp3) is 0. The predicted octanol–water partition coefficient (Wildman–Crippen LogP) is 3.14. The average Bonchev–Trinajstić information content (AvgIpc) is 2.39. The van der Waals surface area contributed by atoms with Crippen LogP contribution < -0.4 is 10.5 Å². The van der Waals surface area contributed by atoms with Crippen LogP contribution in [0.25, 0.3) is 0 Å². The van der Waals surface area contributed by atoms with Crippen LogP contribution >= 0.6 is 11.6 Å². The fourth-order valence-electron chi connectivity index (χ4n) is 1.49. The van der Waals surface area contributed by atoms with E-state index >= 15 is 0 Å². The number of benzene rings is 2. The van der Waals surface area contributed by atoms with Crippen LogP contribution in [0.5, 0.6) is 0 Å². The summed E-state index contributed by atoms with van der Waals surface area (Å²) < 4.78 is 65.1. The van der Waals surface area contributed by atoms with Gasteiger partial charge in [0.1, 0.15) is 5.82 Å². The molecule has 0 unspecified atom stereocenters. The van der Waals surface area contributed by atoms with Gasteiger partial charge in [-0.25, -0.2) is 21.6 Å². The van der Waals surface area contributed by atoms with Crippen molar-refractivity contribution in [1.29, 1.82) is 0 Å². The van der Waals surface area contributed by atoms with Gasteiger partial charge in [-0.15, -0.1) is 0 Å². The molecule has 0 spiro atoms. The SMILES string of the molecule is Nc1cc(S(=O)(=O)Nc2cc(F)c(F)cc2F)ccc1Cl. The Morgan fingerprint density at radius 1 is 1.00 bits per heavy atom. The molecule has 9 heteroatoms. The van der Waals surface area contributed by atoms with Crippen LogP contribution in [0.4, 0.5) is 24.5 Å². The van der Waals surface area contributed by atoms with Crippen molar-refractivity contribution in [3.63, 3.8) is 0 Å². The normalized spacial score (nSPS) is 11.4. The maximum atomic E-state index is 13.4. The Balaban J connectivity index is 2.42. The Hall–Kier alpha value is -1.93. The molecule has 0 aliphatic carbocycles. The molecule has 0 amide bonds. The summed E-state index contributed by atoms with van der Waals surface area (Å²) in [7, 11) is -4.22. The average molecular weight is 337 g/mol. The van der Waals surface area contributed by atoms with Gasteiger partial charge in [0.15, 0.2) is 11.6 Å². The van der Waals surface area contributed by atoms with Crippen molar-refractivity contribution < 1.29 is 21.6 Å². The van der Waals surface area contributed by atoms with Crippen molar-refractivity contribution in [3.8, 4) is 0 Å². The molecule has 4 nitrogen and oxygen atoms in total. The van der Waals surface area contributed by atoms with Crippen LogP contribution in [-0.4, -0.2) is 8.42 Å². The molecule has 0 atom stereocenters. The van der Waals surface area contributed by atoms with Crippen molar-refractivity contribution in [2.75, 3.05) is 10.5 Å². The third kappa shape index (κ3) is 3.22. The number of nitrogen functional groups attached to an aromatic ring is 1. The summed E-state index contributed by atoms with van der Waals surface area (Å²) in [4.78, 5) is -0.298. The van der Waals surface area contributed by atoms with Gasteiger partial charge in [-0.05, 0) is 18.2 Å². The summed E-state index contributed by atoms with van der Waals surface area (Å²) in [5.41, 5.74) is 4.76. The van der Waals surface area contributed by atoms with Crippen LogP contribution in [-0.2, 0) is 10.0 Å². The highest BCUT2D eigenvalue weighted by Gasteiger charge is 2.19. The first-order valence-corrected chi connectivity index (χ1v) is 7.29. The second kappa shape index (κ2) is 5.45. The van der Waals surface area contributed by atoms with Crippen LogP contribution in [0.2, 0.25) is 5.02 Å². The summed E-state index contributed by atoms with van der Waals surface area (Å²) >= 11 is 5.66. The number of sulfonamides is 1. The van der Waals surface area contributed by atoms with E-state index in [4.69, 9.17) is 17.3 Å². The Morgan fingerprint density at radius 2 is 1.62 bits per heavy atom. The summed E-state index contributed by atoms with van der Waals surface area (Å²) in [6.07, 6.45) is 0. The largest absolute Gasteiger partial charge is 0.397 e. The smallest absolute Gasteiger partial charge is 0.262 e. The van der Waals surface area contributed by atoms with Gasteiger partial charge >= 0.3 is 0 Å². The van der Waals surface area contributed by atoms with Crippen molar-refractivity contribution in [2.24, 2.45) is 0 Å². The number of nitrogens with two attached hydrogens (primary N) is 1. The molecule has 0 aliphatic heterocycles. The molecule has 0 aliphatic rings. The summed E-state index contributed by atoms with van der Waals surface area (Å²) in [5, 5.41) is 0.146. The lowest BCUT2D eigenvalue weighted by atomic mass is 10.3. The Bertz CT molecular complexity index is 812. The Labute approximate surface area is 123 Å². The number of halogens is 4. The molecule has 0 radical (unpaired) electrons. The first-order valence-electron chi connectivity index (χ1n) is 5.43. The van der Waals surface area contributed by atoms with E-state index in [1.165, 1.54) is 6.07 Å². The number of nitrogens with one attached hydrogen (secondary N) is 1. The van der Waals surface area contributed by atoms with Crippen LogP contribution in [0, 0.1) is 17.5 Å². The molecule has 112 valence electrons. The second-order valence-corrected chi connectivity index (χ2v) is 6.12. The van der Waals surface area contributed by atoms with Crippen LogP contribution in [0.3, 0.4) is 0 Å². The Kier molecular flexibility index (Phi) is 4.02. The maximum absolute atomic E-state index is 13.4. The van der Waals surface area contributed by atoms with Crippen molar-refractivity contribution in [3.05, 3.63) is 52.8 Å². The Morgan fingerprint density at radius 3 is 2.24 bits per heavy atom. The molecule has 0 saturated carbocycles. The van der Waals surface area contributed by atoms with Gasteiger partial charge in [0.2, 0.25) is 0 Å². The molecule has 3 N–H and O–H groups in total. The molecular weight excluding hydrogens is 329 g/mol. The van der Waals surface area contributed by atoms with Crippen molar-refractivity contribution >= 4 is 33.0 Å². The minimum Gasteiger partial charge on any atom is -0.397 e. The maximum Gasteiger partial charge on any atom is 0.262 e. The van der Waals surface area contributed by atoms with Gasteiger partial charge in [0.05, 0.1) is 21.3 Å². The van der Waals surface area contributed by atoms with Gasteiger partial charge in [0, 0.05) is 12.1 Å². The number of hydrogen-bond donors (Lipinski definition) is 2. The van der Waals surface area contributed by atoms with E-state index in [0.29, 0.717) is 6.07 Å². The molecule has 21 heavy (non-hydrogen) atoms. The van der Waals surface area contributed by atoms with E-state index in [0.717, 1.165) is 12.1 Å². The lowest BCUT2D eigenvalue weighted by Gasteiger charge is -2.10. The van der Waals surface area contributed by atoms with Crippen molar-refractivity contribution in [1.82, 2.24) is 0 Å². The standard InChI is InChI=1S/C12H8ClF3N2O2S/c13-7-2-1-6(3-11(7)17)21(19,20)18-12-5-9(15)8(14)4-10(12)16/h1-5,18H,17H2. The predicted molar refractivity (Wildman–Crippen MR) is 73.0 cm³/mol. The topological polar surface area (TPSA) is 72.2 Å². The van der Waals surface area contributed by atoms with E-state index in [2.05, 4.69) is 0 Å². The summed E-state index contributed by atoms with van der Waals surface area (Å²) in [6, 6.07) is 4.08. The zero-order chi connectivity index (χ0) is 15.8. The zero-order valence-electron chi connectivity index (χ0n) is 10.2. The van der Waals surface area contributed by atoms with Crippen molar-refractivity contribution in [2.45, 2.75) is 4.90 Å². The lowest BCUT2D eigenvalue weighted by molar-refractivity contribution is 0.496. The quantitative estimate of drug-likeness (QED) is 0.668. The van der Waals surface area contributed by atoms with E-state index in [1.54, 1.807) is 0 Å². The van der Waals surface area contributed by atoms with E-state index in [9.17, 15) is 21.6 Å².